The van der Waals surface area contributed by atoms with Crippen LogP contribution in [0.1, 0.15) is 23.6 Å². The Morgan fingerprint density at radius 3 is 2.57 bits per heavy atom. The summed E-state index contributed by atoms with van der Waals surface area (Å²) in [6.45, 7) is 6.09. The molecule has 0 radical (unpaired) electrons. The summed E-state index contributed by atoms with van der Waals surface area (Å²) < 4.78 is 1.37. The Balaban J connectivity index is 1.64. The van der Waals surface area contributed by atoms with Gasteiger partial charge in [-0.25, -0.2) is 4.98 Å². The average Bonchev–Trinajstić information content (AvgIpc) is 3.15. The maximum atomic E-state index is 13.2. The SMILES string of the molecule is CCc1ccc(NC(=O)Cn2cnc3scc(-c4ccc(C)cc4C)c3c2=O)cc1. The molecule has 2 aromatic heterocycles. The van der Waals surface area contributed by atoms with E-state index in [1.165, 1.54) is 33.4 Å². The first-order valence-electron chi connectivity index (χ1n) is 9.89. The summed E-state index contributed by atoms with van der Waals surface area (Å²) in [4.78, 5) is 30.8. The van der Waals surface area contributed by atoms with Gasteiger partial charge in [0, 0.05) is 16.6 Å². The number of hydrogen-bond donors (Lipinski definition) is 1. The van der Waals surface area contributed by atoms with Crippen molar-refractivity contribution in [3.63, 3.8) is 0 Å². The second-order valence-corrected chi connectivity index (χ2v) is 8.28. The second kappa shape index (κ2) is 8.24. The van der Waals surface area contributed by atoms with Crippen molar-refractivity contribution in [2.75, 3.05) is 5.32 Å². The summed E-state index contributed by atoms with van der Waals surface area (Å²) in [6, 6.07) is 13.9. The highest BCUT2D eigenvalue weighted by Gasteiger charge is 2.16. The molecular formula is C24H23N3O2S. The molecule has 0 unspecified atom stereocenters. The van der Waals surface area contributed by atoms with E-state index in [1.807, 2.05) is 55.6 Å². The van der Waals surface area contributed by atoms with Crippen molar-refractivity contribution in [2.24, 2.45) is 0 Å². The second-order valence-electron chi connectivity index (χ2n) is 7.42. The molecule has 0 aliphatic heterocycles. The fraction of sp³-hybridized carbons (Fsp3) is 0.208. The van der Waals surface area contributed by atoms with E-state index in [0.29, 0.717) is 15.9 Å². The fourth-order valence-corrected chi connectivity index (χ4v) is 4.47. The lowest BCUT2D eigenvalue weighted by Crippen LogP contribution is -2.27. The molecule has 2 aromatic carbocycles. The molecule has 0 aliphatic rings. The number of fused-ring (bicyclic) bond motifs is 1. The number of rotatable bonds is 5. The van der Waals surface area contributed by atoms with Crippen LogP contribution in [0.5, 0.6) is 0 Å². The molecule has 5 nitrogen and oxygen atoms in total. The molecule has 0 saturated heterocycles. The number of benzene rings is 2. The monoisotopic (exact) mass is 417 g/mol. The Labute approximate surface area is 179 Å². The number of carbonyl (C=O) groups excluding carboxylic acids is 1. The van der Waals surface area contributed by atoms with Gasteiger partial charge in [0.2, 0.25) is 5.91 Å². The molecular weight excluding hydrogens is 394 g/mol. The lowest BCUT2D eigenvalue weighted by Gasteiger charge is -2.09. The predicted molar refractivity (Wildman–Crippen MR) is 123 cm³/mol. The molecule has 30 heavy (non-hydrogen) atoms. The Morgan fingerprint density at radius 2 is 1.87 bits per heavy atom. The summed E-state index contributed by atoms with van der Waals surface area (Å²) in [5.41, 5.74) is 5.89. The van der Waals surface area contributed by atoms with E-state index >= 15 is 0 Å². The minimum Gasteiger partial charge on any atom is -0.325 e. The highest BCUT2D eigenvalue weighted by molar-refractivity contribution is 7.17. The van der Waals surface area contributed by atoms with Gasteiger partial charge in [-0.3, -0.25) is 14.2 Å². The number of carbonyl (C=O) groups is 1. The first-order valence-corrected chi connectivity index (χ1v) is 10.8. The average molecular weight is 418 g/mol. The Morgan fingerprint density at radius 1 is 1.10 bits per heavy atom. The molecule has 4 aromatic rings. The zero-order valence-corrected chi connectivity index (χ0v) is 18.0. The third-order valence-corrected chi connectivity index (χ3v) is 6.08. The van der Waals surface area contributed by atoms with Crippen LogP contribution in [-0.2, 0) is 17.8 Å². The Bertz CT molecular complexity index is 1290. The lowest BCUT2D eigenvalue weighted by molar-refractivity contribution is -0.116. The van der Waals surface area contributed by atoms with Crippen LogP contribution in [0.2, 0.25) is 0 Å². The van der Waals surface area contributed by atoms with Crippen molar-refractivity contribution in [1.29, 1.82) is 0 Å². The number of amides is 1. The van der Waals surface area contributed by atoms with Gasteiger partial charge in [-0.15, -0.1) is 11.3 Å². The normalized spacial score (nSPS) is 11.0. The van der Waals surface area contributed by atoms with Crippen LogP contribution < -0.4 is 10.9 Å². The van der Waals surface area contributed by atoms with Gasteiger partial charge in [-0.2, -0.15) is 0 Å². The van der Waals surface area contributed by atoms with Crippen molar-refractivity contribution in [1.82, 2.24) is 9.55 Å². The van der Waals surface area contributed by atoms with Gasteiger partial charge in [-0.05, 0) is 49.1 Å². The van der Waals surface area contributed by atoms with Gasteiger partial charge in [0.1, 0.15) is 11.4 Å². The molecule has 2 heterocycles. The molecule has 1 N–H and O–H groups in total. The van der Waals surface area contributed by atoms with Crippen LogP contribution in [0.3, 0.4) is 0 Å². The number of thiophene rings is 1. The number of aryl methyl sites for hydroxylation is 3. The van der Waals surface area contributed by atoms with Crippen molar-refractivity contribution in [3.05, 3.63) is 81.2 Å². The van der Waals surface area contributed by atoms with Crippen molar-refractivity contribution < 1.29 is 4.79 Å². The van der Waals surface area contributed by atoms with E-state index in [4.69, 9.17) is 0 Å². The first kappa shape index (κ1) is 20.0. The van der Waals surface area contributed by atoms with Crippen LogP contribution in [0.4, 0.5) is 5.69 Å². The van der Waals surface area contributed by atoms with Gasteiger partial charge in [0.05, 0.1) is 11.7 Å². The van der Waals surface area contributed by atoms with Gasteiger partial charge in [-0.1, -0.05) is 42.8 Å². The minimum absolute atomic E-state index is 0.0839. The topological polar surface area (TPSA) is 64.0 Å². The van der Waals surface area contributed by atoms with E-state index in [0.717, 1.165) is 23.1 Å². The maximum absolute atomic E-state index is 13.2. The van der Waals surface area contributed by atoms with Crippen LogP contribution in [0.15, 0.2) is 59.0 Å². The van der Waals surface area contributed by atoms with Gasteiger partial charge in [0.15, 0.2) is 0 Å². The summed E-state index contributed by atoms with van der Waals surface area (Å²) >= 11 is 1.44. The summed E-state index contributed by atoms with van der Waals surface area (Å²) in [5.74, 6) is -0.259. The molecule has 0 atom stereocenters. The lowest BCUT2D eigenvalue weighted by atomic mass is 9.99. The molecule has 0 bridgehead atoms. The number of anilines is 1. The van der Waals surface area contributed by atoms with Crippen LogP contribution >= 0.6 is 11.3 Å². The van der Waals surface area contributed by atoms with E-state index in [9.17, 15) is 9.59 Å². The van der Waals surface area contributed by atoms with Gasteiger partial charge in [0.25, 0.3) is 5.56 Å². The highest BCUT2D eigenvalue weighted by Crippen LogP contribution is 2.33. The van der Waals surface area contributed by atoms with Gasteiger partial charge >= 0.3 is 0 Å². The summed E-state index contributed by atoms with van der Waals surface area (Å²) in [7, 11) is 0. The third-order valence-electron chi connectivity index (χ3n) is 5.19. The highest BCUT2D eigenvalue weighted by atomic mass is 32.1. The molecule has 6 heteroatoms. The van der Waals surface area contributed by atoms with Crippen molar-refractivity contribution >= 4 is 33.1 Å². The Kier molecular flexibility index (Phi) is 5.50. The molecule has 0 fully saturated rings. The molecule has 0 spiro atoms. The van der Waals surface area contributed by atoms with E-state index in [-0.39, 0.29) is 18.0 Å². The third kappa shape index (κ3) is 3.91. The van der Waals surface area contributed by atoms with E-state index in [2.05, 4.69) is 23.3 Å². The van der Waals surface area contributed by atoms with Crippen LogP contribution in [0, 0.1) is 13.8 Å². The molecule has 1 amide bonds. The number of aromatic nitrogens is 2. The number of nitrogens with one attached hydrogen (secondary N) is 1. The van der Waals surface area contributed by atoms with Crippen molar-refractivity contribution in [2.45, 2.75) is 33.7 Å². The fourth-order valence-electron chi connectivity index (χ4n) is 3.57. The van der Waals surface area contributed by atoms with E-state index < -0.39 is 0 Å². The number of nitrogens with zero attached hydrogens (tertiary/aromatic N) is 2. The molecule has 0 saturated carbocycles. The number of hydrogen-bond acceptors (Lipinski definition) is 4. The summed E-state index contributed by atoms with van der Waals surface area (Å²) in [6.07, 6.45) is 2.39. The van der Waals surface area contributed by atoms with Gasteiger partial charge < -0.3 is 5.32 Å². The summed E-state index contributed by atoms with van der Waals surface area (Å²) in [5, 5.41) is 5.38. The van der Waals surface area contributed by atoms with Crippen LogP contribution in [-0.4, -0.2) is 15.5 Å². The largest absolute Gasteiger partial charge is 0.325 e. The zero-order chi connectivity index (χ0) is 21.3. The predicted octanol–water partition coefficient (Wildman–Crippen LogP) is 4.94. The molecule has 4 rings (SSSR count). The first-order chi connectivity index (χ1) is 14.5. The zero-order valence-electron chi connectivity index (χ0n) is 17.2. The minimum atomic E-state index is -0.259. The van der Waals surface area contributed by atoms with E-state index in [1.54, 1.807) is 0 Å². The smallest absolute Gasteiger partial charge is 0.263 e. The molecule has 152 valence electrons. The van der Waals surface area contributed by atoms with Crippen molar-refractivity contribution in [3.8, 4) is 11.1 Å². The Hall–Kier alpha value is -3.25. The van der Waals surface area contributed by atoms with Crippen LogP contribution in [0.25, 0.3) is 21.3 Å². The quantitative estimate of drug-likeness (QED) is 0.500. The maximum Gasteiger partial charge on any atom is 0.263 e. The molecule has 0 aliphatic carbocycles. The standard InChI is InChI=1S/C24H23N3O2S/c1-4-17-6-8-18(9-7-17)26-21(28)12-27-14-25-23-22(24(27)29)20(13-30-23)19-10-5-15(2)11-16(19)3/h5-11,13-14H,4,12H2,1-3H3,(H,26,28).